The maximum atomic E-state index is 11.3. The summed E-state index contributed by atoms with van der Waals surface area (Å²) in [6.07, 6.45) is 8.48. The van der Waals surface area contributed by atoms with E-state index in [0.29, 0.717) is 12.5 Å². The Labute approximate surface area is 99.2 Å². The molecule has 0 aliphatic heterocycles. The monoisotopic (exact) mass is 308 g/mol. The summed E-state index contributed by atoms with van der Waals surface area (Å²) < 4.78 is 5.68. The number of hydrogen-bond acceptors (Lipinski definition) is 2. The Balaban J connectivity index is 2.44. The molecule has 14 heavy (non-hydrogen) atoms. The van der Waals surface area contributed by atoms with Crippen LogP contribution < -0.4 is 0 Å². The molecule has 0 amide bonds. The number of ether oxygens (including phenoxy) is 1. The summed E-state index contributed by atoms with van der Waals surface area (Å²) in [5, 5.41) is 0. The normalized spacial score (nSPS) is 19.4. The molecule has 0 aromatic heterocycles. The van der Waals surface area contributed by atoms with Crippen LogP contribution in [0.5, 0.6) is 0 Å². The molecule has 1 saturated carbocycles. The lowest BCUT2D eigenvalue weighted by molar-refractivity contribution is -0.137. The van der Waals surface area contributed by atoms with Gasteiger partial charge in [0.05, 0.1) is 10.2 Å². The van der Waals surface area contributed by atoms with Crippen LogP contribution in [-0.4, -0.2) is 12.6 Å². The number of esters is 1. The van der Waals surface area contributed by atoms with E-state index in [2.05, 4.69) is 28.7 Å². The lowest BCUT2D eigenvalue weighted by Gasteiger charge is -2.18. The first-order valence-electron chi connectivity index (χ1n) is 5.28. The van der Waals surface area contributed by atoms with Crippen molar-refractivity contribution in [2.45, 2.75) is 39.0 Å². The molecule has 0 spiro atoms. The second-order valence-corrected chi connectivity index (χ2v) is 4.80. The molecule has 1 aliphatic carbocycles. The van der Waals surface area contributed by atoms with Crippen molar-refractivity contribution in [1.29, 1.82) is 0 Å². The molecular weight excluding hydrogens is 291 g/mol. The molecule has 80 valence electrons. The van der Waals surface area contributed by atoms with Crippen LogP contribution in [0.4, 0.5) is 0 Å². The lowest BCUT2D eigenvalue weighted by Crippen LogP contribution is -2.08. The van der Waals surface area contributed by atoms with Crippen LogP contribution in [0.1, 0.15) is 39.0 Å². The molecule has 0 saturated heterocycles. The molecule has 0 aromatic carbocycles. The fourth-order valence-electron chi connectivity index (χ4n) is 1.78. The predicted molar refractivity (Wildman–Crippen MR) is 65.3 cm³/mol. The van der Waals surface area contributed by atoms with Crippen LogP contribution in [0.3, 0.4) is 0 Å². The third-order valence-electron chi connectivity index (χ3n) is 2.50. The van der Waals surface area contributed by atoms with Crippen molar-refractivity contribution in [1.82, 2.24) is 0 Å². The van der Waals surface area contributed by atoms with Crippen LogP contribution in [0.25, 0.3) is 0 Å². The zero-order chi connectivity index (χ0) is 10.4. The topological polar surface area (TPSA) is 26.3 Å². The van der Waals surface area contributed by atoms with Gasteiger partial charge >= 0.3 is 5.97 Å². The lowest BCUT2D eigenvalue weighted by atomic mass is 9.89. The molecule has 0 radical (unpaired) electrons. The zero-order valence-corrected chi connectivity index (χ0v) is 10.7. The highest BCUT2D eigenvalue weighted by molar-refractivity contribution is 14.1. The highest BCUT2D eigenvalue weighted by Gasteiger charge is 2.14. The van der Waals surface area contributed by atoms with Crippen molar-refractivity contribution < 1.29 is 9.53 Å². The largest absolute Gasteiger partial charge is 0.462 e. The van der Waals surface area contributed by atoms with Gasteiger partial charge in [-0.05, 0) is 48.3 Å². The van der Waals surface area contributed by atoms with Gasteiger partial charge in [0.1, 0.15) is 0 Å². The molecule has 0 N–H and O–H groups in total. The van der Waals surface area contributed by atoms with Crippen molar-refractivity contribution in [2.75, 3.05) is 6.61 Å². The van der Waals surface area contributed by atoms with Gasteiger partial charge in [0.2, 0.25) is 0 Å². The second kappa shape index (κ2) is 6.43. The van der Waals surface area contributed by atoms with Crippen molar-refractivity contribution in [2.24, 2.45) is 5.92 Å². The summed E-state index contributed by atoms with van der Waals surface area (Å²) in [7, 11) is 0. The molecule has 0 aromatic rings. The van der Waals surface area contributed by atoms with E-state index in [0.717, 1.165) is 3.58 Å². The molecule has 1 fully saturated rings. The average Bonchev–Trinajstić information content (AvgIpc) is 2.19. The first-order valence-corrected chi connectivity index (χ1v) is 6.36. The fraction of sp³-hybridized carbons (Fsp3) is 0.727. The number of rotatable bonds is 3. The molecule has 0 unspecified atom stereocenters. The van der Waals surface area contributed by atoms with E-state index in [1.165, 1.54) is 32.1 Å². The van der Waals surface area contributed by atoms with Crippen LogP contribution >= 0.6 is 22.6 Å². The van der Waals surface area contributed by atoms with E-state index in [1.54, 1.807) is 0 Å². The number of hydrogen-bond donors (Lipinski definition) is 0. The molecule has 0 bridgehead atoms. The molecule has 3 heteroatoms. The predicted octanol–water partition coefficient (Wildman–Crippen LogP) is 3.45. The quantitative estimate of drug-likeness (QED) is 0.453. The smallest absolute Gasteiger partial charge is 0.344 e. The van der Waals surface area contributed by atoms with E-state index in [4.69, 9.17) is 4.74 Å². The van der Waals surface area contributed by atoms with Gasteiger partial charge in [-0.2, -0.15) is 0 Å². The summed E-state index contributed by atoms with van der Waals surface area (Å²) in [4.78, 5) is 11.3. The maximum absolute atomic E-state index is 11.3. The highest BCUT2D eigenvalue weighted by atomic mass is 127. The SMILES string of the molecule is CCOC(=O)C(I)=CC1CCCCC1. The molecule has 1 rings (SSSR count). The molecule has 0 heterocycles. The molecule has 2 nitrogen and oxygen atoms in total. The second-order valence-electron chi connectivity index (χ2n) is 3.63. The van der Waals surface area contributed by atoms with Gasteiger partial charge in [-0.1, -0.05) is 25.3 Å². The van der Waals surface area contributed by atoms with Gasteiger partial charge in [-0.15, -0.1) is 0 Å². The molecule has 0 atom stereocenters. The maximum Gasteiger partial charge on any atom is 0.344 e. The van der Waals surface area contributed by atoms with E-state index in [9.17, 15) is 4.79 Å². The van der Waals surface area contributed by atoms with Gasteiger partial charge in [0.25, 0.3) is 0 Å². The summed E-state index contributed by atoms with van der Waals surface area (Å²) in [5.74, 6) is 0.429. The Morgan fingerprint density at radius 3 is 2.64 bits per heavy atom. The average molecular weight is 308 g/mol. The number of carbonyl (C=O) groups excluding carboxylic acids is 1. The van der Waals surface area contributed by atoms with Crippen LogP contribution in [-0.2, 0) is 9.53 Å². The first kappa shape index (κ1) is 12.0. The number of halogens is 1. The Bertz CT molecular complexity index is 217. The third-order valence-corrected chi connectivity index (χ3v) is 3.30. The Morgan fingerprint density at radius 2 is 2.07 bits per heavy atom. The fourth-order valence-corrected chi connectivity index (χ4v) is 2.44. The van der Waals surface area contributed by atoms with E-state index >= 15 is 0 Å². The number of allylic oxidation sites excluding steroid dienone is 1. The van der Waals surface area contributed by atoms with E-state index in [1.807, 2.05) is 6.92 Å². The Morgan fingerprint density at radius 1 is 1.43 bits per heavy atom. The van der Waals surface area contributed by atoms with Gasteiger partial charge in [0, 0.05) is 0 Å². The first-order chi connectivity index (χ1) is 6.74. The number of carbonyl (C=O) groups is 1. The summed E-state index contributed by atoms with van der Waals surface area (Å²) in [6, 6.07) is 0. The van der Waals surface area contributed by atoms with Gasteiger partial charge in [0.15, 0.2) is 0 Å². The standard InChI is InChI=1S/C11H17IO2/c1-2-14-11(13)10(12)8-9-6-4-3-5-7-9/h8-9H,2-7H2,1H3. The minimum absolute atomic E-state index is 0.168. The minimum atomic E-state index is -0.168. The highest BCUT2D eigenvalue weighted by Crippen LogP contribution is 2.27. The molecular formula is C11H17IO2. The van der Waals surface area contributed by atoms with Crippen molar-refractivity contribution in [3.8, 4) is 0 Å². The van der Waals surface area contributed by atoms with Crippen molar-refractivity contribution >= 4 is 28.6 Å². The van der Waals surface area contributed by atoms with Gasteiger partial charge < -0.3 is 4.74 Å². The zero-order valence-electron chi connectivity index (χ0n) is 8.59. The third kappa shape index (κ3) is 3.98. The molecule has 1 aliphatic rings. The summed E-state index contributed by atoms with van der Waals surface area (Å²) >= 11 is 2.08. The van der Waals surface area contributed by atoms with Crippen LogP contribution in [0.15, 0.2) is 9.66 Å². The van der Waals surface area contributed by atoms with Crippen molar-refractivity contribution in [3.63, 3.8) is 0 Å². The van der Waals surface area contributed by atoms with Crippen molar-refractivity contribution in [3.05, 3.63) is 9.66 Å². The van der Waals surface area contributed by atoms with Crippen LogP contribution in [0, 0.1) is 5.92 Å². The Hall–Kier alpha value is -0.0600. The van der Waals surface area contributed by atoms with E-state index in [-0.39, 0.29) is 5.97 Å². The minimum Gasteiger partial charge on any atom is -0.462 e. The van der Waals surface area contributed by atoms with Gasteiger partial charge in [-0.3, -0.25) is 0 Å². The van der Waals surface area contributed by atoms with Gasteiger partial charge in [-0.25, -0.2) is 4.79 Å². The summed E-state index contributed by atoms with van der Waals surface area (Å²) in [6.45, 7) is 2.30. The Kier molecular flexibility index (Phi) is 5.52. The summed E-state index contributed by atoms with van der Waals surface area (Å²) in [5.41, 5.74) is 0. The van der Waals surface area contributed by atoms with Crippen LogP contribution in [0.2, 0.25) is 0 Å². The van der Waals surface area contributed by atoms with E-state index < -0.39 is 0 Å².